The number of hydrogen-bond donors (Lipinski definition) is 1. The van der Waals surface area contributed by atoms with Gasteiger partial charge in [-0.3, -0.25) is 0 Å². The standard InChI is InChI=1S/C18H27NO2/c1-13-9-15-16(21-12-17(2,3)11-20-15)10-14(13)18(19)7-5-4-6-8-18/h9-10H,4-8,11-12,19H2,1-3H3. The van der Waals surface area contributed by atoms with Crippen molar-refractivity contribution in [2.45, 2.75) is 58.4 Å². The molecule has 1 fully saturated rings. The molecule has 2 N–H and O–H groups in total. The SMILES string of the molecule is Cc1cc2c(cc1C1(N)CCCCC1)OCC(C)(C)CO2. The van der Waals surface area contributed by atoms with Crippen molar-refractivity contribution in [1.82, 2.24) is 0 Å². The van der Waals surface area contributed by atoms with Crippen molar-refractivity contribution in [3.05, 3.63) is 23.3 Å². The van der Waals surface area contributed by atoms with E-state index in [9.17, 15) is 0 Å². The highest BCUT2D eigenvalue weighted by Gasteiger charge is 2.33. The van der Waals surface area contributed by atoms with Crippen LogP contribution in [0.2, 0.25) is 0 Å². The van der Waals surface area contributed by atoms with Gasteiger partial charge in [0.05, 0.1) is 13.2 Å². The fraction of sp³-hybridized carbons (Fsp3) is 0.667. The van der Waals surface area contributed by atoms with E-state index in [0.29, 0.717) is 13.2 Å². The van der Waals surface area contributed by atoms with Crippen molar-refractivity contribution in [2.75, 3.05) is 13.2 Å². The highest BCUT2D eigenvalue weighted by Crippen LogP contribution is 2.42. The van der Waals surface area contributed by atoms with Crippen LogP contribution in [-0.2, 0) is 5.54 Å². The van der Waals surface area contributed by atoms with Crippen molar-refractivity contribution in [2.24, 2.45) is 11.1 Å². The maximum absolute atomic E-state index is 6.71. The van der Waals surface area contributed by atoms with Gasteiger partial charge in [-0.2, -0.15) is 0 Å². The van der Waals surface area contributed by atoms with E-state index < -0.39 is 0 Å². The third-order valence-corrected chi connectivity index (χ3v) is 4.81. The summed E-state index contributed by atoms with van der Waals surface area (Å²) in [5.41, 5.74) is 9.02. The molecule has 1 saturated carbocycles. The fourth-order valence-electron chi connectivity index (χ4n) is 3.46. The summed E-state index contributed by atoms with van der Waals surface area (Å²) in [6.07, 6.45) is 5.88. The van der Waals surface area contributed by atoms with Crippen LogP contribution in [0.25, 0.3) is 0 Å². The Morgan fingerprint density at radius 1 is 0.952 bits per heavy atom. The van der Waals surface area contributed by atoms with Crippen LogP contribution in [-0.4, -0.2) is 13.2 Å². The highest BCUT2D eigenvalue weighted by molar-refractivity contribution is 5.50. The number of rotatable bonds is 1. The molecule has 0 spiro atoms. The molecule has 116 valence electrons. The molecule has 0 bridgehead atoms. The topological polar surface area (TPSA) is 44.5 Å². The summed E-state index contributed by atoms with van der Waals surface area (Å²) in [5, 5.41) is 0. The van der Waals surface area contributed by atoms with Crippen molar-refractivity contribution < 1.29 is 9.47 Å². The number of aryl methyl sites for hydroxylation is 1. The van der Waals surface area contributed by atoms with E-state index in [0.717, 1.165) is 24.3 Å². The molecule has 3 heteroatoms. The van der Waals surface area contributed by atoms with E-state index in [1.165, 1.54) is 30.4 Å². The van der Waals surface area contributed by atoms with Gasteiger partial charge in [0.15, 0.2) is 11.5 Å². The monoisotopic (exact) mass is 289 g/mol. The Morgan fingerprint density at radius 2 is 1.52 bits per heavy atom. The van der Waals surface area contributed by atoms with Gasteiger partial charge in [0, 0.05) is 11.0 Å². The molecular formula is C18H27NO2. The molecular weight excluding hydrogens is 262 g/mol. The first-order valence-corrected chi connectivity index (χ1v) is 8.09. The van der Waals surface area contributed by atoms with Gasteiger partial charge in [0.2, 0.25) is 0 Å². The molecule has 0 atom stereocenters. The first kappa shape index (κ1) is 14.7. The molecule has 1 aromatic rings. The Morgan fingerprint density at radius 3 is 2.14 bits per heavy atom. The lowest BCUT2D eigenvalue weighted by atomic mass is 9.76. The van der Waals surface area contributed by atoms with Crippen LogP contribution < -0.4 is 15.2 Å². The number of hydrogen-bond acceptors (Lipinski definition) is 3. The smallest absolute Gasteiger partial charge is 0.161 e. The van der Waals surface area contributed by atoms with Crippen molar-refractivity contribution in [3.8, 4) is 11.5 Å². The maximum Gasteiger partial charge on any atom is 0.161 e. The van der Waals surface area contributed by atoms with E-state index >= 15 is 0 Å². The Labute approximate surface area is 127 Å². The fourth-order valence-corrected chi connectivity index (χ4v) is 3.46. The second kappa shape index (κ2) is 5.20. The average Bonchev–Trinajstić information content (AvgIpc) is 2.58. The van der Waals surface area contributed by atoms with Gasteiger partial charge >= 0.3 is 0 Å². The first-order valence-electron chi connectivity index (χ1n) is 8.09. The summed E-state index contributed by atoms with van der Waals surface area (Å²) in [5.74, 6) is 1.72. The molecule has 3 rings (SSSR count). The lowest BCUT2D eigenvalue weighted by molar-refractivity contribution is 0.140. The van der Waals surface area contributed by atoms with Crippen molar-refractivity contribution in [3.63, 3.8) is 0 Å². The van der Waals surface area contributed by atoms with E-state index in [2.05, 4.69) is 32.9 Å². The normalized spacial score (nSPS) is 23.4. The number of fused-ring (bicyclic) bond motifs is 1. The largest absolute Gasteiger partial charge is 0.489 e. The average molecular weight is 289 g/mol. The van der Waals surface area contributed by atoms with Gasteiger partial charge in [-0.25, -0.2) is 0 Å². The quantitative estimate of drug-likeness (QED) is 0.852. The molecule has 0 radical (unpaired) electrons. The second-order valence-corrected chi connectivity index (χ2v) is 7.57. The molecule has 21 heavy (non-hydrogen) atoms. The van der Waals surface area contributed by atoms with E-state index in [4.69, 9.17) is 15.2 Å². The summed E-state index contributed by atoms with van der Waals surface area (Å²) in [6, 6.07) is 4.24. The molecule has 0 unspecified atom stereocenters. The Hall–Kier alpha value is -1.22. The van der Waals surface area contributed by atoms with Crippen LogP contribution in [0.5, 0.6) is 11.5 Å². The highest BCUT2D eigenvalue weighted by atomic mass is 16.5. The predicted octanol–water partition coefficient (Wildman–Crippen LogP) is 3.91. The molecule has 3 nitrogen and oxygen atoms in total. The molecule has 0 aromatic heterocycles. The van der Waals surface area contributed by atoms with Gasteiger partial charge in [-0.05, 0) is 43.0 Å². The van der Waals surface area contributed by atoms with Crippen LogP contribution in [0.3, 0.4) is 0 Å². The van der Waals surface area contributed by atoms with Crippen LogP contribution in [0, 0.1) is 12.3 Å². The van der Waals surface area contributed by atoms with E-state index in [1.54, 1.807) is 0 Å². The summed E-state index contributed by atoms with van der Waals surface area (Å²) < 4.78 is 12.0. The van der Waals surface area contributed by atoms with E-state index in [-0.39, 0.29) is 11.0 Å². The molecule has 1 aromatic carbocycles. The van der Waals surface area contributed by atoms with Gasteiger partial charge in [-0.1, -0.05) is 33.1 Å². The number of nitrogens with two attached hydrogens (primary N) is 1. The summed E-state index contributed by atoms with van der Waals surface area (Å²) >= 11 is 0. The van der Waals surface area contributed by atoms with Gasteiger partial charge in [0.25, 0.3) is 0 Å². The molecule has 0 saturated heterocycles. The molecule has 1 aliphatic heterocycles. The van der Waals surface area contributed by atoms with Crippen LogP contribution in [0.1, 0.15) is 57.1 Å². The third-order valence-electron chi connectivity index (χ3n) is 4.81. The lowest BCUT2D eigenvalue weighted by Crippen LogP contribution is -2.39. The number of benzene rings is 1. The van der Waals surface area contributed by atoms with E-state index in [1.807, 2.05) is 0 Å². The minimum atomic E-state index is -0.192. The molecule has 2 aliphatic rings. The summed E-state index contributed by atoms with van der Waals surface area (Å²) in [4.78, 5) is 0. The molecule has 1 heterocycles. The lowest BCUT2D eigenvalue weighted by Gasteiger charge is -2.35. The minimum Gasteiger partial charge on any atom is -0.489 e. The van der Waals surface area contributed by atoms with Crippen molar-refractivity contribution in [1.29, 1.82) is 0 Å². The predicted molar refractivity (Wildman–Crippen MR) is 84.9 cm³/mol. The first-order chi connectivity index (χ1) is 9.90. The van der Waals surface area contributed by atoms with Crippen LogP contribution in [0.15, 0.2) is 12.1 Å². The Balaban J connectivity index is 1.96. The third kappa shape index (κ3) is 2.89. The number of ether oxygens (including phenoxy) is 2. The zero-order valence-corrected chi connectivity index (χ0v) is 13.5. The Bertz CT molecular complexity index is 530. The van der Waals surface area contributed by atoms with Gasteiger partial charge in [-0.15, -0.1) is 0 Å². The summed E-state index contributed by atoms with van der Waals surface area (Å²) in [7, 11) is 0. The van der Waals surface area contributed by atoms with Crippen molar-refractivity contribution >= 4 is 0 Å². The minimum absolute atomic E-state index is 0.0400. The second-order valence-electron chi connectivity index (χ2n) is 7.57. The van der Waals surface area contributed by atoms with Gasteiger partial charge in [0.1, 0.15) is 0 Å². The molecule has 1 aliphatic carbocycles. The Kier molecular flexibility index (Phi) is 3.64. The maximum atomic E-state index is 6.71. The summed E-state index contributed by atoms with van der Waals surface area (Å²) in [6.45, 7) is 7.83. The zero-order chi connectivity index (χ0) is 15.1. The molecule has 0 amide bonds. The van der Waals surface area contributed by atoms with Crippen LogP contribution in [0.4, 0.5) is 0 Å². The van der Waals surface area contributed by atoms with Gasteiger partial charge < -0.3 is 15.2 Å². The zero-order valence-electron chi connectivity index (χ0n) is 13.5. The van der Waals surface area contributed by atoms with Crippen LogP contribution >= 0.6 is 0 Å².